The van der Waals surface area contributed by atoms with E-state index < -0.39 is 0 Å². The molecule has 0 saturated heterocycles. The zero-order valence-corrected chi connectivity index (χ0v) is 16.1. The molecule has 0 aliphatic rings. The predicted octanol–water partition coefficient (Wildman–Crippen LogP) is 5.57. The van der Waals surface area contributed by atoms with Gasteiger partial charge in [0.15, 0.2) is 0 Å². The molecule has 0 aliphatic heterocycles. The van der Waals surface area contributed by atoms with Crippen molar-refractivity contribution in [1.82, 2.24) is 0 Å². The van der Waals surface area contributed by atoms with Gasteiger partial charge in [0, 0.05) is 13.1 Å². The molecule has 0 radical (unpaired) electrons. The third-order valence-electron chi connectivity index (χ3n) is 4.04. The van der Waals surface area contributed by atoms with Gasteiger partial charge in [-0.05, 0) is 37.1 Å². The third kappa shape index (κ3) is 6.87. The van der Waals surface area contributed by atoms with Crippen LogP contribution in [0.5, 0.6) is 11.5 Å². The topological polar surface area (TPSA) is 42.5 Å². The van der Waals surface area contributed by atoms with Crippen LogP contribution in [0.15, 0.2) is 48.5 Å². The molecule has 2 aromatic rings. The molecule has 142 valence electrons. The summed E-state index contributed by atoms with van der Waals surface area (Å²) in [5.74, 6) is 1.84. The van der Waals surface area contributed by atoms with Gasteiger partial charge in [-0.1, -0.05) is 51.0 Å². The number of nitrogens with one attached hydrogen (secondary N) is 2. The lowest BCUT2D eigenvalue weighted by Gasteiger charge is -2.15. The molecule has 2 rings (SSSR count). The van der Waals surface area contributed by atoms with Gasteiger partial charge < -0.3 is 20.1 Å². The van der Waals surface area contributed by atoms with Crippen LogP contribution in [0.25, 0.3) is 0 Å². The van der Waals surface area contributed by atoms with Crippen LogP contribution < -0.4 is 20.1 Å². The first-order valence-corrected chi connectivity index (χ1v) is 9.76. The summed E-state index contributed by atoms with van der Waals surface area (Å²) in [6, 6.07) is 16.2. The lowest BCUT2D eigenvalue weighted by atomic mass is 10.2. The second-order valence-electron chi connectivity index (χ2n) is 6.25. The highest BCUT2D eigenvalue weighted by Crippen LogP contribution is 2.25. The van der Waals surface area contributed by atoms with Crippen molar-refractivity contribution >= 4 is 11.4 Å². The van der Waals surface area contributed by atoms with Crippen molar-refractivity contribution in [2.24, 2.45) is 0 Å². The molecule has 2 aromatic carbocycles. The molecule has 0 spiro atoms. The summed E-state index contributed by atoms with van der Waals surface area (Å²) in [6.45, 7) is 7.46. The van der Waals surface area contributed by atoms with Crippen LogP contribution in [-0.2, 0) is 0 Å². The first-order valence-electron chi connectivity index (χ1n) is 9.76. The van der Waals surface area contributed by atoms with Crippen molar-refractivity contribution in [2.75, 3.05) is 36.9 Å². The van der Waals surface area contributed by atoms with E-state index in [-0.39, 0.29) is 0 Å². The maximum atomic E-state index is 5.86. The fraction of sp³-hybridized carbons (Fsp3) is 0.455. The van der Waals surface area contributed by atoms with E-state index in [1.807, 2.05) is 36.4 Å². The minimum absolute atomic E-state index is 0.760. The molecule has 0 bridgehead atoms. The molecule has 2 N–H and O–H groups in total. The van der Waals surface area contributed by atoms with Crippen molar-refractivity contribution in [2.45, 2.75) is 39.5 Å². The quantitative estimate of drug-likeness (QED) is 0.461. The number of benzene rings is 2. The zero-order chi connectivity index (χ0) is 18.5. The van der Waals surface area contributed by atoms with E-state index in [1.165, 1.54) is 0 Å². The molecular formula is C22H32N2O2. The lowest BCUT2D eigenvalue weighted by Crippen LogP contribution is -2.15. The zero-order valence-electron chi connectivity index (χ0n) is 16.1. The van der Waals surface area contributed by atoms with E-state index >= 15 is 0 Å². The SMILES string of the molecule is CCCCOc1ccccc1NCCNc1ccccc1OCCCC. The number of para-hydroxylation sites is 4. The van der Waals surface area contributed by atoms with E-state index in [0.29, 0.717) is 0 Å². The Hall–Kier alpha value is -2.36. The Kier molecular flexibility index (Phi) is 9.26. The third-order valence-corrected chi connectivity index (χ3v) is 4.04. The van der Waals surface area contributed by atoms with Gasteiger partial charge in [0.25, 0.3) is 0 Å². The van der Waals surface area contributed by atoms with Crippen LogP contribution in [0.3, 0.4) is 0 Å². The molecule has 0 atom stereocenters. The molecule has 4 heteroatoms. The van der Waals surface area contributed by atoms with Gasteiger partial charge in [-0.2, -0.15) is 0 Å². The summed E-state index contributed by atoms with van der Waals surface area (Å²) in [6.07, 6.45) is 4.42. The van der Waals surface area contributed by atoms with Crippen molar-refractivity contribution < 1.29 is 9.47 Å². The standard InChI is InChI=1S/C22H32N2O2/c1-3-5-17-25-21-13-9-7-11-19(21)23-15-16-24-20-12-8-10-14-22(20)26-18-6-4-2/h7-14,23-24H,3-6,15-18H2,1-2H3. The van der Waals surface area contributed by atoms with Gasteiger partial charge in [-0.25, -0.2) is 0 Å². The van der Waals surface area contributed by atoms with E-state index in [9.17, 15) is 0 Å². The largest absolute Gasteiger partial charge is 0.491 e. The average Bonchev–Trinajstić information content (AvgIpc) is 2.68. The minimum atomic E-state index is 0.760. The second kappa shape index (κ2) is 12.1. The van der Waals surface area contributed by atoms with E-state index in [1.54, 1.807) is 0 Å². The fourth-order valence-electron chi connectivity index (χ4n) is 2.52. The summed E-state index contributed by atoms with van der Waals surface area (Å²) in [5, 5.41) is 6.91. The van der Waals surface area contributed by atoms with Gasteiger partial charge >= 0.3 is 0 Å². The van der Waals surface area contributed by atoms with E-state index in [4.69, 9.17) is 9.47 Å². The molecule has 4 nitrogen and oxygen atoms in total. The Bertz CT molecular complexity index is 576. The summed E-state index contributed by atoms with van der Waals surface area (Å²) in [5.41, 5.74) is 2.08. The summed E-state index contributed by atoms with van der Waals surface area (Å²) in [7, 11) is 0. The highest BCUT2D eigenvalue weighted by molar-refractivity contribution is 5.58. The molecule has 0 saturated carbocycles. The lowest BCUT2D eigenvalue weighted by molar-refractivity contribution is 0.310. The smallest absolute Gasteiger partial charge is 0.142 e. The van der Waals surface area contributed by atoms with Crippen LogP contribution >= 0.6 is 0 Å². The van der Waals surface area contributed by atoms with Gasteiger partial charge in [-0.15, -0.1) is 0 Å². The Morgan fingerprint density at radius 2 is 1.08 bits per heavy atom. The number of unbranched alkanes of at least 4 members (excludes halogenated alkanes) is 2. The van der Waals surface area contributed by atoms with Crippen LogP contribution in [0.2, 0.25) is 0 Å². The van der Waals surface area contributed by atoms with Crippen molar-refractivity contribution in [3.05, 3.63) is 48.5 Å². The van der Waals surface area contributed by atoms with Crippen LogP contribution in [0.4, 0.5) is 11.4 Å². The Balaban J connectivity index is 1.80. The summed E-state index contributed by atoms with van der Waals surface area (Å²) < 4.78 is 11.7. The molecule has 26 heavy (non-hydrogen) atoms. The van der Waals surface area contributed by atoms with Crippen molar-refractivity contribution in [1.29, 1.82) is 0 Å². The van der Waals surface area contributed by atoms with Crippen LogP contribution in [0, 0.1) is 0 Å². The molecule has 0 aromatic heterocycles. The van der Waals surface area contributed by atoms with E-state index in [2.05, 4.69) is 36.6 Å². The van der Waals surface area contributed by atoms with Gasteiger partial charge in [0.2, 0.25) is 0 Å². The summed E-state index contributed by atoms with van der Waals surface area (Å²) >= 11 is 0. The highest BCUT2D eigenvalue weighted by atomic mass is 16.5. The first-order chi connectivity index (χ1) is 12.8. The van der Waals surface area contributed by atoms with Gasteiger partial charge in [0.05, 0.1) is 24.6 Å². The maximum absolute atomic E-state index is 5.86. The number of rotatable bonds is 13. The first kappa shape index (κ1) is 20.0. The Labute approximate surface area is 157 Å². The average molecular weight is 357 g/mol. The molecule has 0 amide bonds. The number of hydrogen-bond donors (Lipinski definition) is 2. The normalized spacial score (nSPS) is 10.4. The van der Waals surface area contributed by atoms with Crippen molar-refractivity contribution in [3.63, 3.8) is 0 Å². The number of anilines is 2. The molecule has 0 fully saturated rings. The van der Waals surface area contributed by atoms with Crippen LogP contribution in [-0.4, -0.2) is 26.3 Å². The highest BCUT2D eigenvalue weighted by Gasteiger charge is 2.04. The van der Waals surface area contributed by atoms with E-state index in [0.717, 1.165) is 74.9 Å². The fourth-order valence-corrected chi connectivity index (χ4v) is 2.52. The minimum Gasteiger partial charge on any atom is -0.491 e. The summed E-state index contributed by atoms with van der Waals surface area (Å²) in [4.78, 5) is 0. The monoisotopic (exact) mass is 356 g/mol. The van der Waals surface area contributed by atoms with Crippen LogP contribution in [0.1, 0.15) is 39.5 Å². The Morgan fingerprint density at radius 3 is 1.50 bits per heavy atom. The number of ether oxygens (including phenoxy) is 2. The Morgan fingerprint density at radius 1 is 0.654 bits per heavy atom. The predicted molar refractivity (Wildman–Crippen MR) is 111 cm³/mol. The molecule has 0 aliphatic carbocycles. The molecule has 0 unspecified atom stereocenters. The van der Waals surface area contributed by atoms with Gasteiger partial charge in [-0.3, -0.25) is 0 Å². The second-order valence-corrected chi connectivity index (χ2v) is 6.25. The van der Waals surface area contributed by atoms with Crippen molar-refractivity contribution in [3.8, 4) is 11.5 Å². The number of hydrogen-bond acceptors (Lipinski definition) is 4. The van der Waals surface area contributed by atoms with Gasteiger partial charge in [0.1, 0.15) is 11.5 Å². The molecular weight excluding hydrogens is 324 g/mol. The maximum Gasteiger partial charge on any atom is 0.142 e. The molecule has 0 heterocycles.